The second kappa shape index (κ2) is 24.4. The van der Waals surface area contributed by atoms with Crippen molar-refractivity contribution in [2.75, 3.05) is 0 Å². The first-order chi connectivity index (χ1) is 31.3. The highest BCUT2D eigenvalue weighted by molar-refractivity contribution is 6.03. The number of hydrogen-bond acceptors (Lipinski definition) is 12. The van der Waals surface area contributed by atoms with Gasteiger partial charge in [-0.3, -0.25) is 28.8 Å². The van der Waals surface area contributed by atoms with Crippen LogP contribution in [-0.2, 0) is 47.8 Å². The molecule has 15 nitrogen and oxygen atoms in total. The maximum absolute atomic E-state index is 13.2. The van der Waals surface area contributed by atoms with E-state index in [2.05, 4.69) is 0 Å². The average Bonchev–Trinajstić information content (AvgIpc) is 3.19. The number of hydrogen-bond donors (Lipinski definition) is 5. The summed E-state index contributed by atoms with van der Waals surface area (Å²) in [4.78, 5) is 97.1. The van der Waals surface area contributed by atoms with Crippen molar-refractivity contribution in [1.82, 2.24) is 0 Å². The van der Waals surface area contributed by atoms with Gasteiger partial charge in [-0.25, -0.2) is 9.59 Å². The molecule has 0 amide bonds. The molecule has 368 valence electrons. The van der Waals surface area contributed by atoms with Crippen LogP contribution in [0.15, 0.2) is 130 Å². The zero-order valence-electron chi connectivity index (χ0n) is 40.8. The molecular formula is C53H66O15. The lowest BCUT2D eigenvalue weighted by atomic mass is 9.71. The molecule has 0 spiro atoms. The second-order valence-electron chi connectivity index (χ2n) is 18.8. The Bertz CT molecular complexity index is 2220. The fourth-order valence-electron chi connectivity index (χ4n) is 7.72. The number of rotatable bonds is 22. The molecule has 0 saturated carbocycles. The number of Topliss-reactive ketones (excluding diaryl/α,β-unsaturated/α-hetero) is 3. The Morgan fingerprint density at radius 3 is 1.19 bits per heavy atom. The summed E-state index contributed by atoms with van der Waals surface area (Å²) in [7, 11) is 0. The number of carboxylic acids is 3. The van der Waals surface area contributed by atoms with Crippen molar-refractivity contribution in [3.8, 4) is 0 Å². The van der Waals surface area contributed by atoms with E-state index in [9.17, 15) is 58.8 Å². The van der Waals surface area contributed by atoms with E-state index in [0.29, 0.717) is 11.1 Å². The number of allylic oxidation sites excluding steroid dienone is 20. The number of ether oxygens (including phenoxy) is 2. The zero-order valence-corrected chi connectivity index (χ0v) is 40.8. The smallest absolute Gasteiger partial charge is 0.336 e. The minimum Gasteiger partial charge on any atom is -0.481 e. The van der Waals surface area contributed by atoms with Crippen LogP contribution in [0.25, 0.3) is 0 Å². The molecule has 0 aromatic carbocycles. The Kier molecular flexibility index (Phi) is 20.7. The van der Waals surface area contributed by atoms with Crippen molar-refractivity contribution in [1.29, 1.82) is 0 Å². The maximum atomic E-state index is 13.2. The summed E-state index contributed by atoms with van der Waals surface area (Å²) >= 11 is 0. The van der Waals surface area contributed by atoms with Gasteiger partial charge in [0, 0.05) is 19.3 Å². The normalized spacial score (nSPS) is 21.5. The third-order valence-electron chi connectivity index (χ3n) is 11.5. The Morgan fingerprint density at radius 2 is 0.868 bits per heavy atom. The van der Waals surface area contributed by atoms with Crippen molar-refractivity contribution in [3.63, 3.8) is 0 Å². The third-order valence-corrected chi connectivity index (χ3v) is 11.5. The highest BCUT2D eigenvalue weighted by Crippen LogP contribution is 2.42. The molecule has 4 atom stereocenters. The molecule has 0 fully saturated rings. The van der Waals surface area contributed by atoms with Gasteiger partial charge in [0.1, 0.15) is 5.78 Å². The average molecular weight is 943 g/mol. The number of esters is 2. The minimum absolute atomic E-state index is 0.0943. The lowest BCUT2D eigenvalue weighted by Crippen LogP contribution is -2.45. The summed E-state index contributed by atoms with van der Waals surface area (Å²) in [5, 5.41) is 48.2. The maximum Gasteiger partial charge on any atom is 0.336 e. The van der Waals surface area contributed by atoms with Crippen LogP contribution in [0, 0.1) is 10.8 Å². The van der Waals surface area contributed by atoms with E-state index >= 15 is 0 Å². The van der Waals surface area contributed by atoms with Crippen molar-refractivity contribution in [2.24, 2.45) is 10.8 Å². The Morgan fingerprint density at radius 1 is 0.544 bits per heavy atom. The van der Waals surface area contributed by atoms with E-state index < -0.39 is 107 Å². The molecule has 0 heterocycles. The number of aliphatic hydroxyl groups is 2. The van der Waals surface area contributed by atoms with Gasteiger partial charge in [0.05, 0.1) is 19.3 Å². The van der Waals surface area contributed by atoms with Crippen LogP contribution >= 0.6 is 0 Å². The van der Waals surface area contributed by atoms with Crippen LogP contribution in [0.5, 0.6) is 0 Å². The molecule has 2 aliphatic rings. The van der Waals surface area contributed by atoms with Gasteiger partial charge in [0.15, 0.2) is 35.0 Å². The summed E-state index contributed by atoms with van der Waals surface area (Å²) in [5.74, 6) is -9.03. The monoisotopic (exact) mass is 942 g/mol. The molecule has 68 heavy (non-hydrogen) atoms. The van der Waals surface area contributed by atoms with Gasteiger partial charge in [-0.15, -0.1) is 0 Å². The van der Waals surface area contributed by atoms with Crippen molar-refractivity contribution in [3.05, 3.63) is 130 Å². The van der Waals surface area contributed by atoms with Crippen LogP contribution in [-0.4, -0.2) is 96.1 Å². The molecule has 0 aromatic rings. The fourth-order valence-corrected chi connectivity index (χ4v) is 7.72. The summed E-state index contributed by atoms with van der Waals surface area (Å²) in [6.45, 7) is 19.6. The second-order valence-corrected chi connectivity index (χ2v) is 18.8. The van der Waals surface area contributed by atoms with Crippen LogP contribution in [0.1, 0.15) is 115 Å². The summed E-state index contributed by atoms with van der Waals surface area (Å²) in [6.07, 6.45) is 20.5. The number of carboxylic acid groups (broad SMARTS) is 3. The van der Waals surface area contributed by atoms with Gasteiger partial charge in [0.2, 0.25) is 0 Å². The molecule has 2 aliphatic carbocycles. The van der Waals surface area contributed by atoms with Crippen LogP contribution in [0.2, 0.25) is 0 Å². The predicted molar refractivity (Wildman–Crippen MR) is 255 cm³/mol. The van der Waals surface area contributed by atoms with E-state index in [1.807, 2.05) is 140 Å². The van der Waals surface area contributed by atoms with Crippen LogP contribution in [0.4, 0.5) is 0 Å². The Labute approximate surface area is 398 Å². The molecule has 2 rings (SSSR count). The SMILES string of the molecule is CC(=O)CC(O)(CC(=O)OC1CC(C)(C)C(/C=C/C(C)=C/C=C/C(C)=C/C=C/C=C(C)/C=C/C=C(C)/C=C/C2=C(C)C(=O)C(OC(=O)CC(O)(CC(=O)O)C(=O)O)CC2(C)C)=C(C)C1=O)C(=O)O. The molecule has 0 aromatic heterocycles. The summed E-state index contributed by atoms with van der Waals surface area (Å²) in [5.41, 5.74) is -0.673. The predicted octanol–water partition coefficient (Wildman–Crippen LogP) is 7.87. The largest absolute Gasteiger partial charge is 0.481 e. The topological polar surface area (TPSA) is 256 Å². The summed E-state index contributed by atoms with van der Waals surface area (Å²) < 4.78 is 10.6. The van der Waals surface area contributed by atoms with Crippen molar-refractivity contribution >= 4 is 47.2 Å². The Balaban J connectivity index is 2.02. The lowest BCUT2D eigenvalue weighted by Gasteiger charge is -2.36. The molecule has 0 bridgehead atoms. The van der Waals surface area contributed by atoms with Crippen LogP contribution in [0.3, 0.4) is 0 Å². The lowest BCUT2D eigenvalue weighted by molar-refractivity contribution is -0.174. The van der Waals surface area contributed by atoms with E-state index in [0.717, 1.165) is 40.4 Å². The number of ketones is 3. The van der Waals surface area contributed by atoms with Gasteiger partial charge in [0.25, 0.3) is 0 Å². The van der Waals surface area contributed by atoms with E-state index in [4.69, 9.17) is 14.6 Å². The number of carbonyl (C=O) groups is 8. The fraction of sp³-hybridized carbons (Fsp3) is 0.434. The van der Waals surface area contributed by atoms with Gasteiger partial charge in [-0.05, 0) is 81.6 Å². The molecule has 0 radical (unpaired) electrons. The first kappa shape index (κ1) is 57.5. The Hall–Kier alpha value is -6.58. The quantitative estimate of drug-likeness (QED) is 0.0511. The highest BCUT2D eigenvalue weighted by Gasteiger charge is 2.46. The summed E-state index contributed by atoms with van der Waals surface area (Å²) in [6, 6.07) is 0. The molecule has 0 saturated heterocycles. The van der Waals surface area contributed by atoms with Gasteiger partial charge >= 0.3 is 29.8 Å². The first-order valence-electron chi connectivity index (χ1n) is 21.9. The standard InChI is InChI=1S/C53H66O15/c1-32(18-14-20-34(3)22-24-39-37(6)46(59)41(27-50(39,8)9)67-44(57)30-52(65,48(61)62)26-36(5)54)16-12-13-17-33(2)19-15-21-35(4)23-25-40-38(7)47(60)42(28-51(40,10)11)68-45(58)31-53(66,49(63)64)29-43(55)56/h12-25,41-42,65-66H,26-31H2,1-11H3,(H,55,56)(H,61,62)(H,63,64)/b13-12+,18-14+,19-15+,24-22+,25-23+,32-16+,33-17+,34-20+,35-21+. The van der Waals surface area contributed by atoms with E-state index in [1.54, 1.807) is 13.8 Å². The van der Waals surface area contributed by atoms with Gasteiger partial charge in [-0.1, -0.05) is 135 Å². The minimum atomic E-state index is -2.87. The van der Waals surface area contributed by atoms with E-state index in [-0.39, 0.29) is 12.8 Å². The van der Waals surface area contributed by atoms with Gasteiger partial charge in [-0.2, -0.15) is 0 Å². The number of carbonyl (C=O) groups excluding carboxylic acids is 5. The highest BCUT2D eigenvalue weighted by atomic mass is 16.6. The first-order valence-corrected chi connectivity index (χ1v) is 21.9. The molecule has 15 heteroatoms. The van der Waals surface area contributed by atoms with Crippen LogP contribution < -0.4 is 0 Å². The van der Waals surface area contributed by atoms with Crippen molar-refractivity contribution < 1.29 is 73.4 Å². The molecule has 0 aliphatic heterocycles. The number of aliphatic carboxylic acids is 3. The molecular weight excluding hydrogens is 877 g/mol. The van der Waals surface area contributed by atoms with E-state index in [1.165, 1.54) is 0 Å². The van der Waals surface area contributed by atoms with Crippen molar-refractivity contribution in [2.45, 2.75) is 138 Å². The molecule has 4 unspecified atom stereocenters. The van der Waals surface area contributed by atoms with Gasteiger partial charge < -0.3 is 35.0 Å². The molecule has 5 N–H and O–H groups in total. The third kappa shape index (κ3) is 17.3. The zero-order chi connectivity index (χ0) is 51.9.